The molecule has 92 valence electrons. The first-order valence-corrected chi connectivity index (χ1v) is 7.18. The molecule has 0 fully saturated rings. The minimum Gasteiger partial charge on any atom is -0.322 e. The van der Waals surface area contributed by atoms with E-state index in [9.17, 15) is 9.59 Å². The molecule has 0 saturated carbocycles. The lowest BCUT2D eigenvalue weighted by Gasteiger charge is -2.04. The van der Waals surface area contributed by atoms with Crippen LogP contribution >= 0.6 is 33.9 Å². The summed E-state index contributed by atoms with van der Waals surface area (Å²) in [5, 5.41) is 4.59. The molecule has 0 unspecified atom stereocenters. The number of carbonyl (C=O) groups is 2. The van der Waals surface area contributed by atoms with Gasteiger partial charge in [0.05, 0.1) is 8.45 Å². The van der Waals surface area contributed by atoms with Gasteiger partial charge in [-0.05, 0) is 47.7 Å². The standard InChI is InChI=1S/C13H10INO2S/c1-8(16)9-3-2-4-11(5-9)15-13(17)10-6-12(14)18-7-10/h2-7H,1H3,(H,15,17). The number of nitrogens with one attached hydrogen (secondary N) is 1. The predicted octanol–water partition coefficient (Wildman–Crippen LogP) is 3.81. The molecule has 0 saturated heterocycles. The third-order valence-electron chi connectivity index (χ3n) is 2.36. The smallest absolute Gasteiger partial charge is 0.256 e. The lowest BCUT2D eigenvalue weighted by Crippen LogP contribution is -2.11. The van der Waals surface area contributed by atoms with Crippen LogP contribution < -0.4 is 5.32 Å². The number of amides is 1. The van der Waals surface area contributed by atoms with Crippen LogP contribution in [0.25, 0.3) is 0 Å². The lowest BCUT2D eigenvalue weighted by atomic mass is 10.1. The molecular formula is C13H10INO2S. The van der Waals surface area contributed by atoms with Crippen molar-refractivity contribution in [1.29, 1.82) is 0 Å². The Hall–Kier alpha value is -1.21. The van der Waals surface area contributed by atoms with Crippen LogP contribution in [-0.2, 0) is 0 Å². The summed E-state index contributed by atoms with van der Waals surface area (Å²) in [4.78, 5) is 23.2. The number of hydrogen-bond donors (Lipinski definition) is 1. The zero-order valence-electron chi connectivity index (χ0n) is 9.57. The van der Waals surface area contributed by atoms with Crippen LogP contribution in [0.4, 0.5) is 5.69 Å². The average Bonchev–Trinajstić information content (AvgIpc) is 2.76. The SMILES string of the molecule is CC(=O)c1cccc(NC(=O)c2csc(I)c2)c1. The molecule has 0 spiro atoms. The van der Waals surface area contributed by atoms with E-state index in [0.29, 0.717) is 16.8 Å². The van der Waals surface area contributed by atoms with E-state index >= 15 is 0 Å². The van der Waals surface area contributed by atoms with Gasteiger partial charge in [-0.15, -0.1) is 11.3 Å². The van der Waals surface area contributed by atoms with E-state index in [1.54, 1.807) is 24.3 Å². The summed E-state index contributed by atoms with van der Waals surface area (Å²) in [5.41, 5.74) is 1.86. The molecule has 0 aliphatic carbocycles. The van der Waals surface area contributed by atoms with Gasteiger partial charge in [0, 0.05) is 16.6 Å². The van der Waals surface area contributed by atoms with Crippen LogP contribution in [0.2, 0.25) is 0 Å². The van der Waals surface area contributed by atoms with Gasteiger partial charge >= 0.3 is 0 Å². The molecule has 18 heavy (non-hydrogen) atoms. The molecule has 3 nitrogen and oxygen atoms in total. The number of rotatable bonds is 3. The normalized spacial score (nSPS) is 10.1. The summed E-state index contributed by atoms with van der Waals surface area (Å²) in [6.45, 7) is 1.50. The van der Waals surface area contributed by atoms with Crippen molar-refractivity contribution in [3.63, 3.8) is 0 Å². The largest absolute Gasteiger partial charge is 0.322 e. The van der Waals surface area contributed by atoms with Crippen molar-refractivity contribution in [2.75, 3.05) is 5.32 Å². The number of anilines is 1. The highest BCUT2D eigenvalue weighted by Crippen LogP contribution is 2.18. The van der Waals surface area contributed by atoms with Gasteiger partial charge in [-0.3, -0.25) is 9.59 Å². The van der Waals surface area contributed by atoms with Crippen molar-refractivity contribution in [2.24, 2.45) is 0 Å². The molecule has 1 N–H and O–H groups in total. The molecule has 1 heterocycles. The van der Waals surface area contributed by atoms with Gasteiger partial charge in [0.2, 0.25) is 0 Å². The minimum absolute atomic E-state index is 0.0174. The van der Waals surface area contributed by atoms with Crippen molar-refractivity contribution in [2.45, 2.75) is 6.92 Å². The molecular weight excluding hydrogens is 361 g/mol. The highest BCUT2D eigenvalue weighted by molar-refractivity contribution is 14.1. The fraction of sp³-hybridized carbons (Fsp3) is 0.0769. The predicted molar refractivity (Wildman–Crippen MR) is 81.4 cm³/mol. The first kappa shape index (κ1) is 13.2. The van der Waals surface area contributed by atoms with Crippen molar-refractivity contribution in [1.82, 2.24) is 0 Å². The second kappa shape index (κ2) is 5.62. The van der Waals surface area contributed by atoms with Crippen molar-refractivity contribution in [3.05, 3.63) is 49.7 Å². The first-order chi connectivity index (χ1) is 8.56. The van der Waals surface area contributed by atoms with Gasteiger partial charge in [-0.25, -0.2) is 0 Å². The van der Waals surface area contributed by atoms with E-state index in [0.717, 1.165) is 2.88 Å². The van der Waals surface area contributed by atoms with E-state index < -0.39 is 0 Å². The quantitative estimate of drug-likeness (QED) is 0.659. The van der Waals surface area contributed by atoms with E-state index in [1.807, 2.05) is 11.4 Å². The average molecular weight is 371 g/mol. The molecule has 1 aromatic carbocycles. The van der Waals surface area contributed by atoms with Crippen molar-refractivity contribution in [3.8, 4) is 0 Å². The highest BCUT2D eigenvalue weighted by Gasteiger charge is 2.09. The molecule has 0 atom stereocenters. The number of thiophene rings is 1. The van der Waals surface area contributed by atoms with Gasteiger partial charge in [0.1, 0.15) is 0 Å². The summed E-state index contributed by atoms with van der Waals surface area (Å²) < 4.78 is 1.07. The Bertz CT molecular complexity index is 607. The Kier molecular flexibility index (Phi) is 4.13. The second-order valence-electron chi connectivity index (χ2n) is 3.73. The van der Waals surface area contributed by atoms with E-state index in [1.165, 1.54) is 18.3 Å². The van der Waals surface area contributed by atoms with Crippen LogP contribution in [-0.4, -0.2) is 11.7 Å². The number of ketones is 1. The summed E-state index contributed by atoms with van der Waals surface area (Å²) in [6.07, 6.45) is 0. The van der Waals surface area contributed by atoms with Gasteiger partial charge in [0.15, 0.2) is 5.78 Å². The number of hydrogen-bond acceptors (Lipinski definition) is 3. The topological polar surface area (TPSA) is 46.2 Å². The molecule has 2 rings (SSSR count). The molecule has 0 bridgehead atoms. The molecule has 1 aromatic heterocycles. The second-order valence-corrected chi connectivity index (χ2v) is 6.54. The molecule has 5 heteroatoms. The number of carbonyl (C=O) groups excluding carboxylic acids is 2. The fourth-order valence-electron chi connectivity index (χ4n) is 1.45. The summed E-state index contributed by atoms with van der Waals surface area (Å²) >= 11 is 3.70. The van der Waals surface area contributed by atoms with Gasteiger partial charge in [-0.2, -0.15) is 0 Å². The van der Waals surface area contributed by atoms with Crippen LogP contribution in [0.5, 0.6) is 0 Å². The number of benzene rings is 1. The third kappa shape index (κ3) is 3.17. The van der Waals surface area contributed by atoms with E-state index in [2.05, 4.69) is 27.9 Å². The van der Waals surface area contributed by atoms with Crippen molar-refractivity contribution >= 4 is 51.3 Å². The maximum Gasteiger partial charge on any atom is 0.256 e. The maximum atomic E-state index is 11.9. The fourth-order valence-corrected chi connectivity index (χ4v) is 2.77. The molecule has 1 amide bonds. The Labute approximate surface area is 122 Å². The molecule has 0 aliphatic heterocycles. The van der Waals surface area contributed by atoms with E-state index in [-0.39, 0.29) is 11.7 Å². The van der Waals surface area contributed by atoms with Gasteiger partial charge in [-0.1, -0.05) is 12.1 Å². The zero-order chi connectivity index (χ0) is 13.1. The Morgan fingerprint density at radius 3 is 2.61 bits per heavy atom. The van der Waals surface area contributed by atoms with Crippen molar-refractivity contribution < 1.29 is 9.59 Å². The zero-order valence-corrected chi connectivity index (χ0v) is 12.5. The highest BCUT2D eigenvalue weighted by atomic mass is 127. The Morgan fingerprint density at radius 2 is 2.00 bits per heavy atom. The van der Waals surface area contributed by atoms with Crippen LogP contribution in [0.3, 0.4) is 0 Å². The molecule has 2 aromatic rings. The maximum absolute atomic E-state index is 11.9. The number of Topliss-reactive ketones (excluding diaryl/α,β-unsaturated/α-hetero) is 1. The molecule has 0 aliphatic rings. The van der Waals surface area contributed by atoms with Crippen LogP contribution in [0.1, 0.15) is 27.6 Å². The van der Waals surface area contributed by atoms with Crippen LogP contribution in [0.15, 0.2) is 35.7 Å². The van der Waals surface area contributed by atoms with Gasteiger partial charge in [0.25, 0.3) is 5.91 Å². The monoisotopic (exact) mass is 371 g/mol. The lowest BCUT2D eigenvalue weighted by molar-refractivity contribution is 0.101. The minimum atomic E-state index is -0.158. The van der Waals surface area contributed by atoms with Gasteiger partial charge < -0.3 is 5.32 Å². The third-order valence-corrected chi connectivity index (χ3v) is 4.15. The Balaban J connectivity index is 2.16. The summed E-state index contributed by atoms with van der Waals surface area (Å²) in [7, 11) is 0. The van der Waals surface area contributed by atoms with E-state index in [4.69, 9.17) is 0 Å². The number of halogens is 1. The summed E-state index contributed by atoms with van der Waals surface area (Å²) in [6, 6.07) is 8.75. The Morgan fingerprint density at radius 1 is 1.22 bits per heavy atom. The molecule has 0 radical (unpaired) electrons. The summed E-state index contributed by atoms with van der Waals surface area (Å²) in [5.74, 6) is -0.175. The first-order valence-electron chi connectivity index (χ1n) is 5.22. The van der Waals surface area contributed by atoms with Crippen LogP contribution in [0, 0.1) is 2.88 Å².